The number of aliphatic hydroxyl groups is 4. The van der Waals surface area contributed by atoms with Gasteiger partial charge in [0.25, 0.3) is 0 Å². The smallest absolute Gasteiger partial charge is 0.229 e. The molecular weight excluding hydrogens is 368 g/mol. The first-order valence-corrected chi connectivity index (χ1v) is 8.65. The van der Waals surface area contributed by atoms with Gasteiger partial charge in [-0.25, -0.2) is 0 Å². The van der Waals surface area contributed by atoms with Crippen LogP contribution in [-0.2, 0) is 4.74 Å². The number of ether oxygens (including phenoxy) is 2. The number of phenolic OH excluding ortho intramolecular Hbond substituents is 2. The van der Waals surface area contributed by atoms with Crippen LogP contribution in [0.2, 0.25) is 0 Å². The average molecular weight is 390 g/mol. The molecule has 3 rings (SSSR count). The Kier molecular flexibility index (Phi) is 6.18. The van der Waals surface area contributed by atoms with Gasteiger partial charge in [0.15, 0.2) is 0 Å². The fourth-order valence-corrected chi connectivity index (χ4v) is 2.85. The van der Waals surface area contributed by atoms with Crippen LogP contribution in [0.4, 0.5) is 0 Å². The zero-order chi connectivity index (χ0) is 20.3. The molecule has 1 saturated heterocycles. The number of hydrogen-bond acceptors (Lipinski definition) is 8. The van der Waals surface area contributed by atoms with Gasteiger partial charge >= 0.3 is 0 Å². The first kappa shape index (κ1) is 20.1. The van der Waals surface area contributed by atoms with E-state index in [-0.39, 0.29) is 17.2 Å². The van der Waals surface area contributed by atoms with E-state index in [4.69, 9.17) is 9.47 Å². The molecule has 1 aliphatic heterocycles. The van der Waals surface area contributed by atoms with Crippen LogP contribution in [0.15, 0.2) is 42.5 Å². The Morgan fingerprint density at radius 1 is 0.821 bits per heavy atom. The van der Waals surface area contributed by atoms with Crippen molar-refractivity contribution < 1.29 is 40.1 Å². The Bertz CT molecular complexity index is 817. The normalized spacial score (nSPS) is 27.8. The molecule has 150 valence electrons. The van der Waals surface area contributed by atoms with E-state index in [1.165, 1.54) is 12.1 Å². The summed E-state index contributed by atoms with van der Waals surface area (Å²) in [6, 6.07) is 10.9. The molecule has 0 bridgehead atoms. The highest BCUT2D eigenvalue weighted by molar-refractivity contribution is 5.71. The van der Waals surface area contributed by atoms with Gasteiger partial charge in [0.2, 0.25) is 6.29 Å². The van der Waals surface area contributed by atoms with Crippen molar-refractivity contribution in [3.63, 3.8) is 0 Å². The molecule has 1 aliphatic rings. The summed E-state index contributed by atoms with van der Waals surface area (Å²) in [7, 11) is 0. The highest BCUT2D eigenvalue weighted by atomic mass is 16.7. The van der Waals surface area contributed by atoms with Gasteiger partial charge in [-0.3, -0.25) is 0 Å². The number of rotatable bonds is 5. The second-order valence-electron chi connectivity index (χ2n) is 6.50. The van der Waals surface area contributed by atoms with E-state index in [0.29, 0.717) is 5.56 Å². The van der Waals surface area contributed by atoms with Gasteiger partial charge in [-0.1, -0.05) is 24.3 Å². The fourth-order valence-electron chi connectivity index (χ4n) is 2.85. The predicted octanol–water partition coefficient (Wildman–Crippen LogP) is 0.447. The summed E-state index contributed by atoms with van der Waals surface area (Å²) >= 11 is 0. The van der Waals surface area contributed by atoms with Crippen molar-refractivity contribution in [3.05, 3.63) is 53.6 Å². The maximum Gasteiger partial charge on any atom is 0.229 e. The minimum absolute atomic E-state index is 0.0903. The molecule has 28 heavy (non-hydrogen) atoms. The summed E-state index contributed by atoms with van der Waals surface area (Å²) in [6.07, 6.45) is -3.52. The zero-order valence-electron chi connectivity index (χ0n) is 14.8. The Labute approximate surface area is 161 Å². The minimum atomic E-state index is -1.55. The molecule has 8 nitrogen and oxygen atoms in total. The van der Waals surface area contributed by atoms with Gasteiger partial charge in [-0.2, -0.15) is 0 Å². The van der Waals surface area contributed by atoms with Crippen molar-refractivity contribution >= 4 is 12.2 Å². The third-order valence-electron chi connectivity index (χ3n) is 4.38. The lowest BCUT2D eigenvalue weighted by Crippen LogP contribution is -2.60. The largest absolute Gasteiger partial charge is 0.508 e. The van der Waals surface area contributed by atoms with Crippen LogP contribution in [0.5, 0.6) is 17.2 Å². The number of aromatic hydroxyl groups is 2. The van der Waals surface area contributed by atoms with E-state index in [9.17, 15) is 30.6 Å². The summed E-state index contributed by atoms with van der Waals surface area (Å²) in [5, 5.41) is 58.2. The molecule has 0 saturated carbocycles. The quantitative estimate of drug-likeness (QED) is 0.405. The molecule has 1 heterocycles. The molecule has 2 unspecified atom stereocenters. The number of hydrogen-bond donors (Lipinski definition) is 6. The highest BCUT2D eigenvalue weighted by Crippen LogP contribution is 2.28. The van der Waals surface area contributed by atoms with Crippen LogP contribution >= 0.6 is 0 Å². The predicted molar refractivity (Wildman–Crippen MR) is 99.5 cm³/mol. The Morgan fingerprint density at radius 2 is 1.50 bits per heavy atom. The lowest BCUT2D eigenvalue weighted by Gasteiger charge is -2.39. The zero-order valence-corrected chi connectivity index (χ0v) is 14.8. The maximum atomic E-state index is 10.1. The molecular formula is C20H22O8. The van der Waals surface area contributed by atoms with Crippen molar-refractivity contribution in [1.29, 1.82) is 0 Å². The Hall–Kier alpha value is -2.62. The molecule has 8 heteroatoms. The van der Waals surface area contributed by atoms with E-state index in [0.717, 1.165) is 5.56 Å². The molecule has 6 N–H and O–H groups in total. The van der Waals surface area contributed by atoms with Crippen molar-refractivity contribution in [2.45, 2.75) is 30.7 Å². The Balaban J connectivity index is 1.76. The van der Waals surface area contributed by atoms with Gasteiger partial charge < -0.3 is 40.1 Å². The lowest BCUT2D eigenvalue weighted by atomic mass is 9.99. The summed E-state index contributed by atoms with van der Waals surface area (Å²) in [5.74, 6) is 0.229. The van der Waals surface area contributed by atoms with Crippen LogP contribution in [0, 0.1) is 0 Å². The first-order valence-electron chi connectivity index (χ1n) is 8.65. The number of phenols is 2. The molecule has 0 amide bonds. The topological polar surface area (TPSA) is 140 Å². The summed E-state index contributed by atoms with van der Waals surface area (Å²) < 4.78 is 10.8. The van der Waals surface area contributed by atoms with Crippen LogP contribution in [-0.4, -0.2) is 68.0 Å². The van der Waals surface area contributed by atoms with Crippen LogP contribution in [0.3, 0.4) is 0 Å². The van der Waals surface area contributed by atoms with Crippen molar-refractivity contribution in [2.75, 3.05) is 6.61 Å². The van der Waals surface area contributed by atoms with Crippen molar-refractivity contribution in [3.8, 4) is 17.2 Å². The lowest BCUT2D eigenvalue weighted by molar-refractivity contribution is -0.277. The highest BCUT2D eigenvalue weighted by Gasteiger charge is 2.44. The molecule has 2 aromatic rings. The standard InChI is InChI=1S/C20H22O8/c21-10-16-17(24)18(25)19(26)20(28-16)27-15-8-12(7-14(23)9-15)2-1-11-3-5-13(22)6-4-11/h1-9,16-26H,10H2/t16?,17-,18-,19?,20-/m1/s1. The minimum Gasteiger partial charge on any atom is -0.508 e. The molecule has 0 aliphatic carbocycles. The van der Waals surface area contributed by atoms with E-state index in [1.54, 1.807) is 42.5 Å². The van der Waals surface area contributed by atoms with Gasteiger partial charge in [-0.15, -0.1) is 0 Å². The van der Waals surface area contributed by atoms with Gasteiger partial charge in [0.1, 0.15) is 41.7 Å². The van der Waals surface area contributed by atoms with Crippen LogP contribution < -0.4 is 4.74 Å². The van der Waals surface area contributed by atoms with Gasteiger partial charge in [-0.05, 0) is 35.4 Å². The number of benzene rings is 2. The summed E-state index contributed by atoms with van der Waals surface area (Å²) in [5.41, 5.74) is 1.42. The third kappa shape index (κ3) is 4.61. The molecule has 0 radical (unpaired) electrons. The van der Waals surface area contributed by atoms with Crippen molar-refractivity contribution in [2.24, 2.45) is 0 Å². The van der Waals surface area contributed by atoms with E-state index >= 15 is 0 Å². The number of aliphatic hydroxyl groups excluding tert-OH is 4. The summed E-state index contributed by atoms with van der Waals surface area (Å²) in [6.45, 7) is -0.564. The SMILES string of the molecule is OCC1O[C@@H](Oc2cc(O)cc(C=Cc3ccc(O)cc3)c2)C(O)[C@H](O)[C@@H]1O. The molecule has 1 fully saturated rings. The Morgan fingerprint density at radius 3 is 2.18 bits per heavy atom. The van der Waals surface area contributed by atoms with E-state index in [2.05, 4.69) is 0 Å². The van der Waals surface area contributed by atoms with Gasteiger partial charge in [0.05, 0.1) is 6.61 Å². The maximum absolute atomic E-state index is 10.1. The van der Waals surface area contributed by atoms with E-state index in [1.807, 2.05) is 0 Å². The average Bonchev–Trinajstić information content (AvgIpc) is 2.67. The fraction of sp³-hybridized carbons (Fsp3) is 0.300. The van der Waals surface area contributed by atoms with Gasteiger partial charge in [0, 0.05) is 6.07 Å². The summed E-state index contributed by atoms with van der Waals surface area (Å²) in [4.78, 5) is 0. The molecule has 2 aromatic carbocycles. The molecule has 0 spiro atoms. The van der Waals surface area contributed by atoms with Crippen LogP contribution in [0.1, 0.15) is 11.1 Å². The monoisotopic (exact) mass is 390 g/mol. The molecule has 5 atom stereocenters. The van der Waals surface area contributed by atoms with E-state index < -0.39 is 37.3 Å². The first-order chi connectivity index (χ1) is 13.4. The van der Waals surface area contributed by atoms with Crippen molar-refractivity contribution in [1.82, 2.24) is 0 Å². The third-order valence-corrected chi connectivity index (χ3v) is 4.38. The second-order valence-corrected chi connectivity index (χ2v) is 6.50. The van der Waals surface area contributed by atoms with Crippen LogP contribution in [0.25, 0.3) is 12.2 Å². The molecule has 0 aromatic heterocycles. The second kappa shape index (κ2) is 8.59.